The molecule has 138 valence electrons. The Bertz CT molecular complexity index is 775. The summed E-state index contributed by atoms with van der Waals surface area (Å²) in [6.45, 7) is 0. The van der Waals surface area contributed by atoms with E-state index < -0.39 is 0 Å². The van der Waals surface area contributed by atoms with Crippen molar-refractivity contribution >= 4 is 5.91 Å². The summed E-state index contributed by atoms with van der Waals surface area (Å²) < 4.78 is 10.8. The van der Waals surface area contributed by atoms with Crippen molar-refractivity contribution in [2.75, 3.05) is 14.2 Å². The molecule has 0 bridgehead atoms. The van der Waals surface area contributed by atoms with Gasteiger partial charge in [0.2, 0.25) is 0 Å². The van der Waals surface area contributed by atoms with E-state index in [0.29, 0.717) is 23.4 Å². The van der Waals surface area contributed by atoms with Gasteiger partial charge in [-0.2, -0.15) is 5.10 Å². The van der Waals surface area contributed by atoms with Gasteiger partial charge in [-0.3, -0.25) is 9.89 Å². The van der Waals surface area contributed by atoms with Crippen molar-refractivity contribution in [3.63, 3.8) is 0 Å². The standard InChI is InChI=1S/C20H25N3O3/c1-25-16-8-7-12(11-17(16)26-2)18-13-5-3-4-6-14(13)19(18)22-20(24)15-9-10-21-23-15/h7-11,13-14,18-19H,3-6H2,1-2H3,(H,21,23)(H,22,24)/t13-,14-,18+,19+/m1/s1. The molecular formula is C20H25N3O3. The van der Waals surface area contributed by atoms with Crippen LogP contribution in [0, 0.1) is 11.8 Å². The normalized spacial score (nSPS) is 27.2. The van der Waals surface area contributed by atoms with E-state index in [9.17, 15) is 4.79 Å². The number of methoxy groups -OCH3 is 2. The van der Waals surface area contributed by atoms with Crippen LogP contribution in [0.4, 0.5) is 0 Å². The molecule has 0 saturated heterocycles. The topological polar surface area (TPSA) is 76.2 Å². The summed E-state index contributed by atoms with van der Waals surface area (Å²) in [7, 11) is 3.30. The summed E-state index contributed by atoms with van der Waals surface area (Å²) in [4.78, 5) is 12.6. The van der Waals surface area contributed by atoms with E-state index in [1.165, 1.54) is 31.2 Å². The summed E-state index contributed by atoms with van der Waals surface area (Å²) in [6, 6.07) is 7.97. The Kier molecular flexibility index (Phi) is 4.57. The van der Waals surface area contributed by atoms with Crippen molar-refractivity contribution in [3.8, 4) is 11.5 Å². The van der Waals surface area contributed by atoms with Crippen molar-refractivity contribution < 1.29 is 14.3 Å². The molecule has 26 heavy (non-hydrogen) atoms. The molecule has 1 aromatic heterocycles. The number of carbonyl (C=O) groups is 1. The Labute approximate surface area is 153 Å². The zero-order valence-corrected chi connectivity index (χ0v) is 15.2. The third kappa shape index (κ3) is 2.83. The van der Waals surface area contributed by atoms with Crippen molar-refractivity contribution in [2.24, 2.45) is 11.8 Å². The lowest BCUT2D eigenvalue weighted by molar-refractivity contribution is 0.0249. The molecule has 4 rings (SSSR count). The molecule has 2 aliphatic rings. The number of hydrogen-bond acceptors (Lipinski definition) is 4. The SMILES string of the molecule is COc1ccc([C@H]2[C@@H]3CCCC[C@H]3[C@@H]2NC(=O)c2ccn[nH]2)cc1OC. The minimum absolute atomic E-state index is 0.0815. The number of H-pyrrole nitrogens is 1. The van der Waals surface area contributed by atoms with Crippen LogP contribution in [0.3, 0.4) is 0 Å². The van der Waals surface area contributed by atoms with Crippen LogP contribution in [0.25, 0.3) is 0 Å². The molecular weight excluding hydrogens is 330 g/mol. The molecule has 4 atom stereocenters. The van der Waals surface area contributed by atoms with E-state index in [0.717, 1.165) is 11.5 Å². The minimum Gasteiger partial charge on any atom is -0.493 e. The fraction of sp³-hybridized carbons (Fsp3) is 0.500. The Hall–Kier alpha value is -2.50. The number of amides is 1. The lowest BCUT2D eigenvalue weighted by atomic mass is 9.53. The maximum atomic E-state index is 12.6. The molecule has 0 radical (unpaired) electrons. The molecule has 2 aromatic rings. The summed E-state index contributed by atoms with van der Waals surface area (Å²) in [5.74, 6) is 2.87. The first-order chi connectivity index (χ1) is 12.7. The summed E-state index contributed by atoms with van der Waals surface area (Å²) in [6.07, 6.45) is 6.52. The van der Waals surface area contributed by atoms with E-state index >= 15 is 0 Å². The lowest BCUT2D eigenvalue weighted by Crippen LogP contribution is -2.59. The third-order valence-electron chi connectivity index (χ3n) is 6.02. The highest BCUT2D eigenvalue weighted by Crippen LogP contribution is 2.55. The van der Waals surface area contributed by atoms with Gasteiger partial charge in [-0.15, -0.1) is 0 Å². The van der Waals surface area contributed by atoms with Crippen LogP contribution in [0.2, 0.25) is 0 Å². The fourth-order valence-corrected chi connectivity index (χ4v) is 4.79. The number of hydrogen-bond donors (Lipinski definition) is 2. The summed E-state index contributed by atoms with van der Waals surface area (Å²) in [5, 5.41) is 9.88. The molecule has 2 N–H and O–H groups in total. The Morgan fingerprint density at radius 2 is 1.88 bits per heavy atom. The van der Waals surface area contributed by atoms with Crippen LogP contribution in [0.1, 0.15) is 47.7 Å². The average molecular weight is 355 g/mol. The number of carbonyl (C=O) groups excluding carboxylic acids is 1. The molecule has 1 amide bonds. The maximum Gasteiger partial charge on any atom is 0.269 e. The molecule has 2 saturated carbocycles. The van der Waals surface area contributed by atoms with E-state index in [1.807, 2.05) is 6.07 Å². The van der Waals surface area contributed by atoms with Gasteiger partial charge in [0.05, 0.1) is 14.2 Å². The molecule has 6 nitrogen and oxygen atoms in total. The van der Waals surface area contributed by atoms with Gasteiger partial charge in [0.25, 0.3) is 5.91 Å². The predicted molar refractivity (Wildman–Crippen MR) is 97.6 cm³/mol. The molecule has 0 spiro atoms. The Morgan fingerprint density at radius 1 is 1.12 bits per heavy atom. The summed E-state index contributed by atoms with van der Waals surface area (Å²) in [5.41, 5.74) is 1.72. The monoisotopic (exact) mass is 355 g/mol. The van der Waals surface area contributed by atoms with Gasteiger partial charge in [-0.25, -0.2) is 0 Å². The first kappa shape index (κ1) is 16.9. The maximum absolute atomic E-state index is 12.6. The Balaban J connectivity index is 1.60. The number of ether oxygens (including phenoxy) is 2. The van der Waals surface area contributed by atoms with E-state index in [1.54, 1.807) is 26.5 Å². The van der Waals surface area contributed by atoms with Crippen molar-refractivity contribution in [3.05, 3.63) is 41.7 Å². The lowest BCUT2D eigenvalue weighted by Gasteiger charge is -2.55. The Morgan fingerprint density at radius 3 is 2.58 bits per heavy atom. The van der Waals surface area contributed by atoms with Crippen LogP contribution in [0.5, 0.6) is 11.5 Å². The van der Waals surface area contributed by atoms with Gasteiger partial charge in [0.1, 0.15) is 5.69 Å². The van der Waals surface area contributed by atoms with Crippen LogP contribution in [0.15, 0.2) is 30.5 Å². The quantitative estimate of drug-likeness (QED) is 0.864. The fourth-order valence-electron chi connectivity index (χ4n) is 4.79. The van der Waals surface area contributed by atoms with Crippen LogP contribution in [-0.4, -0.2) is 36.4 Å². The second kappa shape index (κ2) is 7.02. The first-order valence-electron chi connectivity index (χ1n) is 9.25. The zero-order valence-electron chi connectivity index (χ0n) is 15.2. The average Bonchev–Trinajstić information content (AvgIpc) is 3.21. The predicted octanol–water partition coefficient (Wildman–Crippen LogP) is 3.13. The van der Waals surface area contributed by atoms with Gasteiger partial charge >= 0.3 is 0 Å². The van der Waals surface area contributed by atoms with Crippen LogP contribution in [-0.2, 0) is 0 Å². The number of aromatic nitrogens is 2. The third-order valence-corrected chi connectivity index (χ3v) is 6.02. The van der Waals surface area contributed by atoms with Crippen LogP contribution < -0.4 is 14.8 Å². The van der Waals surface area contributed by atoms with Crippen molar-refractivity contribution in [1.29, 1.82) is 0 Å². The first-order valence-corrected chi connectivity index (χ1v) is 9.25. The van der Waals surface area contributed by atoms with Gasteiger partial charge in [0, 0.05) is 18.2 Å². The van der Waals surface area contributed by atoms with E-state index in [4.69, 9.17) is 9.47 Å². The second-order valence-electron chi connectivity index (χ2n) is 7.22. The second-order valence-corrected chi connectivity index (χ2v) is 7.22. The van der Waals surface area contributed by atoms with Gasteiger partial charge < -0.3 is 14.8 Å². The largest absolute Gasteiger partial charge is 0.493 e. The number of nitrogens with zero attached hydrogens (tertiary/aromatic N) is 1. The highest BCUT2D eigenvalue weighted by Gasteiger charge is 2.52. The van der Waals surface area contributed by atoms with Crippen LogP contribution >= 0.6 is 0 Å². The number of benzene rings is 1. The zero-order chi connectivity index (χ0) is 18.1. The van der Waals surface area contributed by atoms with Crippen molar-refractivity contribution in [2.45, 2.75) is 37.6 Å². The van der Waals surface area contributed by atoms with E-state index in [2.05, 4.69) is 27.6 Å². The summed E-state index contributed by atoms with van der Waals surface area (Å²) >= 11 is 0. The van der Waals surface area contributed by atoms with Gasteiger partial charge in [0.15, 0.2) is 11.5 Å². The van der Waals surface area contributed by atoms with E-state index in [-0.39, 0.29) is 11.9 Å². The number of fused-ring (bicyclic) bond motifs is 1. The molecule has 1 aromatic carbocycles. The molecule has 2 fully saturated rings. The molecule has 2 aliphatic carbocycles. The minimum atomic E-state index is -0.0815. The highest BCUT2D eigenvalue weighted by atomic mass is 16.5. The number of nitrogens with one attached hydrogen (secondary N) is 2. The molecule has 0 unspecified atom stereocenters. The molecule has 6 heteroatoms. The van der Waals surface area contributed by atoms with Crippen molar-refractivity contribution in [1.82, 2.24) is 15.5 Å². The smallest absolute Gasteiger partial charge is 0.269 e. The molecule has 0 aliphatic heterocycles. The highest BCUT2D eigenvalue weighted by molar-refractivity contribution is 5.92. The number of rotatable bonds is 5. The van der Waals surface area contributed by atoms with Gasteiger partial charge in [-0.1, -0.05) is 18.9 Å². The molecule has 1 heterocycles. The number of aromatic amines is 1. The van der Waals surface area contributed by atoms with Gasteiger partial charge in [-0.05, 0) is 48.4 Å².